The van der Waals surface area contributed by atoms with Crippen molar-refractivity contribution in [3.8, 4) is 0 Å². The monoisotopic (exact) mass is 432 g/mol. The zero-order valence-corrected chi connectivity index (χ0v) is 16.7. The number of carboxylic acid groups (broad SMARTS) is 3. The molecule has 0 saturated carbocycles. The Kier molecular flexibility index (Phi) is 11.7. The number of amides is 3. The highest BCUT2D eigenvalue weighted by atomic mass is 16.4. The molecule has 13 nitrogen and oxygen atoms in total. The van der Waals surface area contributed by atoms with Gasteiger partial charge < -0.3 is 37.0 Å². The Labute approximate surface area is 172 Å². The summed E-state index contributed by atoms with van der Waals surface area (Å²) in [6.45, 7) is 2.87. The molecule has 0 aromatic rings. The van der Waals surface area contributed by atoms with Crippen LogP contribution in [-0.4, -0.2) is 75.6 Å². The summed E-state index contributed by atoms with van der Waals surface area (Å²) in [4.78, 5) is 69.5. The van der Waals surface area contributed by atoms with Crippen molar-refractivity contribution < 1.29 is 44.1 Å². The van der Waals surface area contributed by atoms with E-state index in [9.17, 15) is 28.8 Å². The van der Waals surface area contributed by atoms with Gasteiger partial charge in [-0.25, -0.2) is 4.79 Å². The molecule has 0 aromatic heterocycles. The molecular weight excluding hydrogens is 404 g/mol. The highest BCUT2D eigenvalue weighted by Crippen LogP contribution is 2.10. The summed E-state index contributed by atoms with van der Waals surface area (Å²) < 4.78 is 0. The van der Waals surface area contributed by atoms with E-state index in [0.29, 0.717) is 6.42 Å². The summed E-state index contributed by atoms with van der Waals surface area (Å²) in [5.41, 5.74) is 5.19. The quantitative estimate of drug-likeness (QED) is 0.158. The fourth-order valence-corrected chi connectivity index (χ4v) is 2.38. The number of nitrogens with one attached hydrogen (secondary N) is 3. The molecule has 0 unspecified atom stereocenters. The number of hydrogen-bond donors (Lipinski definition) is 7. The molecule has 0 fully saturated rings. The van der Waals surface area contributed by atoms with Gasteiger partial charge in [0.2, 0.25) is 17.7 Å². The summed E-state index contributed by atoms with van der Waals surface area (Å²) in [7, 11) is 0. The van der Waals surface area contributed by atoms with Crippen LogP contribution in [0, 0.1) is 5.92 Å². The fraction of sp³-hybridized carbons (Fsp3) is 0.647. The van der Waals surface area contributed by atoms with Crippen LogP contribution < -0.4 is 21.7 Å². The number of hydrogen-bond acceptors (Lipinski definition) is 7. The third-order valence-electron chi connectivity index (χ3n) is 4.27. The van der Waals surface area contributed by atoms with Gasteiger partial charge in [-0.2, -0.15) is 0 Å². The average molecular weight is 432 g/mol. The molecule has 0 saturated heterocycles. The molecule has 0 spiro atoms. The lowest BCUT2D eigenvalue weighted by molar-refractivity contribution is -0.147. The van der Waals surface area contributed by atoms with Gasteiger partial charge in [-0.3, -0.25) is 24.0 Å². The number of carboxylic acids is 3. The minimum absolute atomic E-state index is 0.265. The van der Waals surface area contributed by atoms with Crippen LogP contribution >= 0.6 is 0 Å². The summed E-state index contributed by atoms with van der Waals surface area (Å²) >= 11 is 0. The highest BCUT2D eigenvalue weighted by Gasteiger charge is 2.33. The SMILES string of the molecule is CC[C@H](C)[C@H](NC(=O)[C@H](CCC(=O)O)NC(=O)CN)C(=O)N[C@@H](CC(=O)O)C(=O)O. The molecule has 0 radical (unpaired) electrons. The lowest BCUT2D eigenvalue weighted by atomic mass is 9.97. The Morgan fingerprint density at radius 3 is 1.90 bits per heavy atom. The zero-order chi connectivity index (χ0) is 23.4. The fourth-order valence-electron chi connectivity index (χ4n) is 2.38. The van der Waals surface area contributed by atoms with Gasteiger partial charge in [0.15, 0.2) is 0 Å². The van der Waals surface area contributed by atoms with E-state index in [1.165, 1.54) is 0 Å². The van der Waals surface area contributed by atoms with Gasteiger partial charge in [-0.05, 0) is 12.3 Å². The summed E-state index contributed by atoms with van der Waals surface area (Å²) in [5.74, 6) is -7.18. The maximum Gasteiger partial charge on any atom is 0.326 e. The topological polar surface area (TPSA) is 225 Å². The molecular formula is C17H28N4O9. The standard InChI is InChI=1S/C17H28N4O9/c1-3-8(2)14(16(28)20-10(17(29)30)6-13(25)26)21-15(27)9(4-5-12(23)24)19-11(22)7-18/h8-10,14H,3-7,18H2,1-2H3,(H,19,22)(H,20,28)(H,21,27)(H,23,24)(H,25,26)(H,29,30)/t8-,9-,10-,14-/m0/s1. The Balaban J connectivity index is 5.47. The molecule has 0 bridgehead atoms. The van der Waals surface area contributed by atoms with Crippen molar-refractivity contribution in [2.75, 3.05) is 6.54 Å². The van der Waals surface area contributed by atoms with Gasteiger partial charge in [-0.15, -0.1) is 0 Å². The molecule has 0 aliphatic rings. The largest absolute Gasteiger partial charge is 0.481 e. The molecule has 13 heteroatoms. The van der Waals surface area contributed by atoms with Gasteiger partial charge in [0, 0.05) is 6.42 Å². The lowest BCUT2D eigenvalue weighted by Gasteiger charge is -2.27. The van der Waals surface area contributed by atoms with E-state index in [-0.39, 0.29) is 6.42 Å². The minimum Gasteiger partial charge on any atom is -0.481 e. The second-order valence-corrected chi connectivity index (χ2v) is 6.63. The number of aliphatic carboxylic acids is 3. The maximum atomic E-state index is 12.6. The second kappa shape index (κ2) is 13.1. The first kappa shape index (κ1) is 26.8. The van der Waals surface area contributed by atoms with E-state index in [0.717, 1.165) is 0 Å². The molecule has 0 rings (SSSR count). The van der Waals surface area contributed by atoms with E-state index in [2.05, 4.69) is 16.0 Å². The molecule has 170 valence electrons. The Morgan fingerprint density at radius 1 is 0.867 bits per heavy atom. The van der Waals surface area contributed by atoms with Crippen LogP contribution in [0.4, 0.5) is 0 Å². The van der Waals surface area contributed by atoms with Crippen molar-refractivity contribution in [3.05, 3.63) is 0 Å². The molecule has 30 heavy (non-hydrogen) atoms. The molecule has 0 aromatic carbocycles. The number of carbonyl (C=O) groups is 6. The van der Waals surface area contributed by atoms with Crippen LogP contribution in [0.25, 0.3) is 0 Å². The first-order valence-electron chi connectivity index (χ1n) is 9.19. The molecule has 4 atom stereocenters. The molecule has 0 aliphatic heterocycles. The minimum atomic E-state index is -1.71. The predicted octanol–water partition coefficient (Wildman–Crippen LogP) is -2.13. The Bertz CT molecular complexity index is 668. The van der Waals surface area contributed by atoms with Crippen LogP contribution in [0.3, 0.4) is 0 Å². The van der Waals surface area contributed by atoms with Crippen molar-refractivity contribution in [1.82, 2.24) is 16.0 Å². The lowest BCUT2D eigenvalue weighted by Crippen LogP contribution is -2.58. The number of nitrogens with two attached hydrogens (primary N) is 1. The van der Waals surface area contributed by atoms with Crippen molar-refractivity contribution in [2.45, 2.75) is 57.7 Å². The van der Waals surface area contributed by atoms with Crippen molar-refractivity contribution in [2.24, 2.45) is 11.7 Å². The second-order valence-electron chi connectivity index (χ2n) is 6.63. The van der Waals surface area contributed by atoms with E-state index in [1.54, 1.807) is 13.8 Å². The molecule has 3 amide bonds. The predicted molar refractivity (Wildman–Crippen MR) is 101 cm³/mol. The summed E-state index contributed by atoms with van der Waals surface area (Å²) in [6.07, 6.45) is -1.18. The van der Waals surface area contributed by atoms with Crippen LogP contribution in [0.1, 0.15) is 39.5 Å². The van der Waals surface area contributed by atoms with Gasteiger partial charge in [0.05, 0.1) is 13.0 Å². The van der Waals surface area contributed by atoms with E-state index in [4.69, 9.17) is 21.1 Å². The number of carbonyl (C=O) groups excluding carboxylic acids is 3. The normalized spacial score (nSPS) is 14.5. The van der Waals surface area contributed by atoms with E-state index < -0.39 is 79.1 Å². The molecule has 0 heterocycles. The Hall–Kier alpha value is -3.22. The third-order valence-corrected chi connectivity index (χ3v) is 4.27. The average Bonchev–Trinajstić information content (AvgIpc) is 2.66. The summed E-state index contributed by atoms with van der Waals surface area (Å²) in [6, 6.07) is -4.25. The Morgan fingerprint density at radius 2 is 1.47 bits per heavy atom. The van der Waals surface area contributed by atoms with Gasteiger partial charge in [-0.1, -0.05) is 20.3 Å². The molecule has 0 aliphatic carbocycles. The van der Waals surface area contributed by atoms with Crippen LogP contribution in [0.5, 0.6) is 0 Å². The third kappa shape index (κ3) is 9.82. The van der Waals surface area contributed by atoms with Crippen molar-refractivity contribution in [3.63, 3.8) is 0 Å². The first-order valence-corrected chi connectivity index (χ1v) is 9.19. The van der Waals surface area contributed by atoms with Gasteiger partial charge in [0.1, 0.15) is 18.1 Å². The van der Waals surface area contributed by atoms with Crippen LogP contribution in [-0.2, 0) is 28.8 Å². The highest BCUT2D eigenvalue weighted by molar-refractivity contribution is 5.94. The van der Waals surface area contributed by atoms with Crippen LogP contribution in [0.2, 0.25) is 0 Å². The van der Waals surface area contributed by atoms with Crippen LogP contribution in [0.15, 0.2) is 0 Å². The maximum absolute atomic E-state index is 12.6. The molecule has 8 N–H and O–H groups in total. The van der Waals surface area contributed by atoms with Crippen molar-refractivity contribution >= 4 is 35.6 Å². The summed E-state index contributed by atoms with van der Waals surface area (Å²) in [5, 5.41) is 33.4. The van der Waals surface area contributed by atoms with Crippen molar-refractivity contribution in [1.29, 1.82) is 0 Å². The number of rotatable bonds is 14. The van der Waals surface area contributed by atoms with E-state index >= 15 is 0 Å². The smallest absolute Gasteiger partial charge is 0.326 e. The zero-order valence-electron chi connectivity index (χ0n) is 16.7. The van der Waals surface area contributed by atoms with Gasteiger partial charge >= 0.3 is 17.9 Å². The van der Waals surface area contributed by atoms with E-state index in [1.807, 2.05) is 0 Å². The first-order chi connectivity index (χ1) is 13.9. The van der Waals surface area contributed by atoms with Gasteiger partial charge in [0.25, 0.3) is 0 Å².